The van der Waals surface area contributed by atoms with Crippen LogP contribution in [0.1, 0.15) is 75.6 Å². The highest BCUT2D eigenvalue weighted by molar-refractivity contribution is 6.31. The van der Waals surface area contributed by atoms with Crippen LogP contribution in [0.2, 0.25) is 0 Å². The number of aromatic hydroxyl groups is 2. The second-order valence-corrected chi connectivity index (χ2v) is 13.3. The highest BCUT2D eigenvalue weighted by atomic mass is 19.4. The molecule has 2 saturated heterocycles. The van der Waals surface area contributed by atoms with E-state index in [1.54, 1.807) is 11.4 Å². The van der Waals surface area contributed by atoms with E-state index in [0.29, 0.717) is 17.0 Å². The topological polar surface area (TPSA) is 277 Å². The summed E-state index contributed by atoms with van der Waals surface area (Å²) < 4.78 is 51.4. The average Bonchev–Trinajstić information content (AvgIpc) is 3.53. The first-order valence-corrected chi connectivity index (χ1v) is 17.8. The number of aliphatic hydroxyl groups is 3. The number of hydroxylamine groups is 2. The van der Waals surface area contributed by atoms with Crippen LogP contribution in [0, 0.1) is 5.92 Å². The van der Waals surface area contributed by atoms with Gasteiger partial charge in [-0.15, -0.1) is 5.06 Å². The summed E-state index contributed by atoms with van der Waals surface area (Å²) in [6.07, 6.45) is -7.25. The second kappa shape index (κ2) is 19.4. The Morgan fingerprint density at radius 2 is 1.59 bits per heavy atom. The van der Waals surface area contributed by atoms with Crippen molar-refractivity contribution in [2.24, 2.45) is 11.1 Å². The molecule has 2 aromatic carbocycles. The molecule has 0 bridgehead atoms. The summed E-state index contributed by atoms with van der Waals surface area (Å²) in [4.78, 5) is 82.3. The molecule has 5 unspecified atom stereocenters. The van der Waals surface area contributed by atoms with Crippen LogP contribution in [0.25, 0.3) is 0 Å². The average molecular weight is 842 g/mol. The number of nitrogens with one attached hydrogen (secondary N) is 1. The molecule has 2 fully saturated rings. The van der Waals surface area contributed by atoms with Gasteiger partial charge >= 0.3 is 18.1 Å². The van der Waals surface area contributed by atoms with Crippen molar-refractivity contribution in [3.8, 4) is 17.2 Å². The zero-order valence-corrected chi connectivity index (χ0v) is 32.0. The number of carbonyl (C=O) groups is 6. The number of halogens is 3. The quantitative estimate of drug-likeness (QED) is 0.0750. The molecule has 0 aromatic heterocycles. The number of carbonyl (C=O) groups excluding carboxylic acids is 6. The lowest BCUT2D eigenvalue weighted by atomic mass is 9.74. The number of amides is 3. The summed E-state index contributed by atoms with van der Waals surface area (Å²) >= 11 is 0. The van der Waals surface area contributed by atoms with Gasteiger partial charge in [0.25, 0.3) is 11.8 Å². The number of ether oxygens (including phenoxy) is 3. The Morgan fingerprint density at radius 3 is 2.19 bits per heavy atom. The number of fused-ring (bicyclic) bond motifs is 3. The SMILES string of the molecule is CO.COC1CC(NC(=O)C(F)(F)F)C(O)C(C)O1.COc1cccc2c1C(=O)c1c(O)c3c(c(O)c1C2=O)CC(/C(CO)=N/OCC(=O)ON1C(=O)CCC1=O)CC3. The molecule has 0 saturated carbocycles. The van der Waals surface area contributed by atoms with Crippen molar-refractivity contribution in [1.29, 1.82) is 0 Å². The minimum atomic E-state index is -4.97. The minimum Gasteiger partial charge on any atom is -0.507 e. The van der Waals surface area contributed by atoms with E-state index in [1.807, 2.05) is 0 Å². The maximum atomic E-state index is 13.4. The van der Waals surface area contributed by atoms with E-state index in [9.17, 15) is 62.4 Å². The Balaban J connectivity index is 0.000000340. The first kappa shape index (κ1) is 46.0. The highest BCUT2D eigenvalue weighted by Crippen LogP contribution is 2.47. The zero-order valence-electron chi connectivity index (χ0n) is 32.0. The summed E-state index contributed by atoms with van der Waals surface area (Å²) in [5.74, 6) is -6.89. The van der Waals surface area contributed by atoms with Gasteiger partial charge in [0.1, 0.15) is 23.4 Å². The number of hydrogen-bond donors (Lipinski definition) is 6. The van der Waals surface area contributed by atoms with Gasteiger partial charge in [-0.2, -0.15) is 13.2 Å². The summed E-state index contributed by atoms with van der Waals surface area (Å²) in [5.41, 5.74) is 0.0877. The molecule has 2 heterocycles. The molecule has 0 radical (unpaired) electrons. The molecule has 5 atom stereocenters. The Bertz CT molecular complexity index is 1990. The van der Waals surface area contributed by atoms with E-state index in [-0.39, 0.29) is 71.4 Å². The smallest absolute Gasteiger partial charge is 0.471 e. The number of alkyl halides is 3. The molecule has 322 valence electrons. The van der Waals surface area contributed by atoms with E-state index < -0.39 is 96.6 Å². The lowest BCUT2D eigenvalue weighted by Gasteiger charge is -2.37. The Kier molecular flexibility index (Phi) is 15.1. The summed E-state index contributed by atoms with van der Waals surface area (Å²) in [7, 11) is 3.69. The molecule has 2 aliphatic heterocycles. The molecule has 3 amide bonds. The van der Waals surface area contributed by atoms with Crippen molar-refractivity contribution in [2.75, 3.05) is 34.5 Å². The number of imide groups is 1. The minimum absolute atomic E-state index is 0.00896. The molecular weight excluding hydrogens is 799 g/mol. The van der Waals surface area contributed by atoms with Gasteiger partial charge < -0.3 is 54.7 Å². The predicted molar refractivity (Wildman–Crippen MR) is 191 cm³/mol. The van der Waals surface area contributed by atoms with E-state index in [1.165, 1.54) is 33.3 Å². The maximum Gasteiger partial charge on any atom is 0.471 e. The number of rotatable bonds is 9. The first-order valence-electron chi connectivity index (χ1n) is 17.8. The number of aliphatic hydroxyl groups excluding tert-OH is 3. The molecule has 6 rings (SSSR count). The van der Waals surface area contributed by atoms with Gasteiger partial charge in [-0.05, 0) is 32.3 Å². The zero-order chi connectivity index (χ0) is 43.9. The molecule has 59 heavy (non-hydrogen) atoms. The molecule has 2 aliphatic carbocycles. The van der Waals surface area contributed by atoms with Crippen molar-refractivity contribution >= 4 is 41.0 Å². The number of benzene rings is 2. The van der Waals surface area contributed by atoms with Crippen molar-refractivity contribution in [2.45, 2.75) is 76.2 Å². The van der Waals surface area contributed by atoms with E-state index >= 15 is 0 Å². The van der Waals surface area contributed by atoms with Gasteiger partial charge in [0.05, 0.1) is 48.3 Å². The summed E-state index contributed by atoms with van der Waals surface area (Å²) in [6, 6.07) is 3.46. The van der Waals surface area contributed by atoms with Gasteiger partial charge in [0.2, 0.25) is 12.4 Å². The van der Waals surface area contributed by atoms with Crippen LogP contribution < -0.4 is 10.1 Å². The van der Waals surface area contributed by atoms with Crippen molar-refractivity contribution in [3.05, 3.63) is 51.6 Å². The van der Waals surface area contributed by atoms with E-state index in [4.69, 9.17) is 29.0 Å². The fraction of sp³-hybridized carbons (Fsp3) is 0.486. The normalized spacial score (nSPS) is 22.4. The third-order valence-electron chi connectivity index (χ3n) is 9.76. The van der Waals surface area contributed by atoms with Crippen LogP contribution in [-0.2, 0) is 51.2 Å². The molecular formula is C37H42F3N3O16. The third kappa shape index (κ3) is 9.79. The Labute approximate surface area is 333 Å². The van der Waals surface area contributed by atoms with E-state index in [0.717, 1.165) is 7.11 Å². The standard InChI is InChI=1S/C27H24N2O11.C9H14F3NO4.CH4O/c1-38-17-4-2-3-14-21(17)27(37)23-22(25(14)35)26(36)15-9-12(5-6-13(15)24(23)34)16(10-30)28-39-11-20(33)40-29-18(31)7-8-19(29)32;1-4-7(14)5(3-6(16-2)17-4)13-8(15)9(10,11)12;1-2/h2-4,12,30,34,36H,5-11H2,1H3;4-7,14H,3H2,1-2H3,(H,13,15);2H,1H3/b28-16+;;. The number of hydrogen-bond acceptors (Lipinski definition) is 17. The number of methoxy groups -OCH3 is 2. The van der Waals surface area contributed by atoms with Gasteiger partial charge in [0.15, 0.2) is 12.1 Å². The van der Waals surface area contributed by atoms with Crippen LogP contribution in [0.4, 0.5) is 13.2 Å². The lowest BCUT2D eigenvalue weighted by molar-refractivity contribution is -0.218. The van der Waals surface area contributed by atoms with Crippen molar-refractivity contribution < 1.29 is 91.4 Å². The third-order valence-corrected chi connectivity index (χ3v) is 9.76. The Hall–Kier alpha value is -5.68. The number of phenolic OH excluding ortho intramolecular Hbond substituents is 2. The highest BCUT2D eigenvalue weighted by Gasteiger charge is 2.44. The fourth-order valence-electron chi connectivity index (χ4n) is 6.87. The lowest BCUT2D eigenvalue weighted by Crippen LogP contribution is -2.57. The van der Waals surface area contributed by atoms with Crippen molar-refractivity contribution in [3.63, 3.8) is 0 Å². The van der Waals surface area contributed by atoms with Crippen LogP contribution >= 0.6 is 0 Å². The number of oxime groups is 1. The van der Waals surface area contributed by atoms with E-state index in [2.05, 4.69) is 5.16 Å². The molecule has 22 heteroatoms. The summed E-state index contributed by atoms with van der Waals surface area (Å²) in [6.45, 7) is 0.173. The van der Waals surface area contributed by atoms with Crippen LogP contribution in [0.5, 0.6) is 17.2 Å². The fourth-order valence-corrected chi connectivity index (χ4v) is 6.87. The van der Waals surface area contributed by atoms with Crippen LogP contribution in [0.15, 0.2) is 23.4 Å². The molecule has 4 aliphatic rings. The second-order valence-electron chi connectivity index (χ2n) is 13.3. The molecule has 19 nitrogen and oxygen atoms in total. The monoisotopic (exact) mass is 841 g/mol. The molecule has 0 spiro atoms. The van der Waals surface area contributed by atoms with Gasteiger partial charge in [-0.3, -0.25) is 24.0 Å². The predicted octanol–water partition coefficient (Wildman–Crippen LogP) is 0.743. The molecule has 2 aromatic rings. The number of ketones is 2. The van der Waals surface area contributed by atoms with Gasteiger partial charge in [0, 0.05) is 56.1 Å². The van der Waals surface area contributed by atoms with Crippen LogP contribution in [-0.4, -0.2) is 137 Å². The van der Waals surface area contributed by atoms with Crippen molar-refractivity contribution in [1.82, 2.24) is 10.4 Å². The molecule has 6 N–H and O–H groups in total. The first-order chi connectivity index (χ1) is 27.9. The van der Waals surface area contributed by atoms with Gasteiger partial charge in [-0.25, -0.2) is 4.79 Å². The Morgan fingerprint density at radius 1 is 0.966 bits per heavy atom. The maximum absolute atomic E-state index is 13.4. The largest absolute Gasteiger partial charge is 0.507 e. The van der Waals surface area contributed by atoms with Gasteiger partial charge in [-0.1, -0.05) is 17.3 Å². The summed E-state index contributed by atoms with van der Waals surface area (Å²) in [5, 5.41) is 54.7. The number of phenols is 2. The number of nitrogens with zero attached hydrogens (tertiary/aromatic N) is 2. The van der Waals surface area contributed by atoms with Crippen LogP contribution in [0.3, 0.4) is 0 Å².